The number of nitrogens with zero attached hydrogens (tertiary/aromatic N) is 2. The number of hydrogen-bond donors (Lipinski definition) is 1. The van der Waals surface area contributed by atoms with Crippen molar-refractivity contribution < 1.29 is 33.7 Å². The molecule has 1 saturated heterocycles. The highest BCUT2D eigenvalue weighted by atomic mass is 16.5. The second kappa shape index (κ2) is 12.3. The van der Waals surface area contributed by atoms with Crippen molar-refractivity contribution in [2.75, 3.05) is 33.4 Å². The quantitative estimate of drug-likeness (QED) is 0.392. The number of benzene rings is 2. The van der Waals surface area contributed by atoms with Crippen molar-refractivity contribution in [3.8, 4) is 17.2 Å². The highest BCUT2D eigenvalue weighted by molar-refractivity contribution is 6.01. The summed E-state index contributed by atoms with van der Waals surface area (Å²) in [5, 5.41) is 9.52. The number of rotatable bonds is 12. The zero-order valence-corrected chi connectivity index (χ0v) is 23.3. The molecule has 40 heavy (non-hydrogen) atoms. The smallest absolute Gasteiger partial charge is 0.306 e. The minimum atomic E-state index is -0.695. The number of likely N-dealkylation sites (tertiary alicyclic amines) is 1. The van der Waals surface area contributed by atoms with E-state index >= 15 is 0 Å². The molecule has 2 unspecified atom stereocenters. The van der Waals surface area contributed by atoms with Gasteiger partial charge < -0.3 is 19.3 Å². The van der Waals surface area contributed by atoms with Crippen LogP contribution in [-0.4, -0.2) is 66.1 Å². The normalized spacial score (nSPS) is 21.0. The van der Waals surface area contributed by atoms with Gasteiger partial charge in [0.05, 0.1) is 26.2 Å². The number of carbonyl (C=O) groups is 3. The molecule has 0 bridgehead atoms. The van der Waals surface area contributed by atoms with Crippen LogP contribution < -0.4 is 14.2 Å². The Hall–Kier alpha value is -3.59. The fraction of sp³-hybridized carbons (Fsp3) is 0.516. The van der Waals surface area contributed by atoms with Crippen molar-refractivity contribution in [2.24, 2.45) is 11.8 Å². The number of fused-ring (bicyclic) bond motifs is 1. The van der Waals surface area contributed by atoms with Crippen LogP contribution in [0.5, 0.6) is 17.2 Å². The molecule has 2 aromatic carbocycles. The average Bonchev–Trinajstić information content (AvgIpc) is 3.69. The monoisotopic (exact) mass is 550 g/mol. The molecule has 9 heteroatoms. The van der Waals surface area contributed by atoms with Crippen molar-refractivity contribution >= 4 is 17.8 Å². The molecule has 214 valence electrons. The predicted molar refractivity (Wildman–Crippen MR) is 147 cm³/mol. The van der Waals surface area contributed by atoms with Crippen LogP contribution in [0.3, 0.4) is 0 Å². The highest BCUT2D eigenvalue weighted by Crippen LogP contribution is 2.36. The summed E-state index contributed by atoms with van der Waals surface area (Å²) in [7, 11) is 1.59. The van der Waals surface area contributed by atoms with Crippen molar-refractivity contribution in [3.63, 3.8) is 0 Å². The number of amides is 2. The number of carboxylic acid groups (broad SMARTS) is 1. The van der Waals surface area contributed by atoms with Gasteiger partial charge in [-0.1, -0.05) is 18.2 Å². The second-order valence-electron chi connectivity index (χ2n) is 11.1. The summed E-state index contributed by atoms with van der Waals surface area (Å²) in [5.74, 6) is 1.16. The Kier molecular flexibility index (Phi) is 8.59. The number of methoxy groups -OCH3 is 1. The van der Waals surface area contributed by atoms with Gasteiger partial charge in [-0.2, -0.15) is 0 Å². The van der Waals surface area contributed by atoms with E-state index in [9.17, 15) is 19.5 Å². The molecule has 2 fully saturated rings. The van der Waals surface area contributed by atoms with Gasteiger partial charge in [0.1, 0.15) is 12.4 Å². The van der Waals surface area contributed by atoms with E-state index in [2.05, 4.69) is 30.0 Å². The summed E-state index contributed by atoms with van der Waals surface area (Å²) in [6, 6.07) is 12.4. The van der Waals surface area contributed by atoms with Gasteiger partial charge in [0.2, 0.25) is 11.8 Å². The van der Waals surface area contributed by atoms with Gasteiger partial charge >= 0.3 is 5.97 Å². The van der Waals surface area contributed by atoms with E-state index in [-0.39, 0.29) is 49.8 Å². The Bertz CT molecular complexity index is 1250. The Morgan fingerprint density at radius 2 is 1.90 bits per heavy atom. The second-order valence-corrected chi connectivity index (χ2v) is 11.1. The maximum Gasteiger partial charge on any atom is 0.306 e. The van der Waals surface area contributed by atoms with Crippen LogP contribution in [0.4, 0.5) is 0 Å². The molecular formula is C31H38N2O7. The average molecular weight is 551 g/mol. The van der Waals surface area contributed by atoms with Gasteiger partial charge in [-0.05, 0) is 67.0 Å². The van der Waals surface area contributed by atoms with E-state index in [1.54, 1.807) is 7.11 Å². The van der Waals surface area contributed by atoms with Crippen LogP contribution in [0.2, 0.25) is 0 Å². The first kappa shape index (κ1) is 28.0. The number of hydrogen-bond acceptors (Lipinski definition) is 7. The van der Waals surface area contributed by atoms with Crippen molar-refractivity contribution in [1.29, 1.82) is 0 Å². The molecule has 3 atom stereocenters. The lowest BCUT2D eigenvalue weighted by atomic mass is 9.99. The van der Waals surface area contributed by atoms with Gasteiger partial charge in [-0.15, -0.1) is 0 Å². The third kappa shape index (κ3) is 6.25. The lowest BCUT2D eigenvalue weighted by Gasteiger charge is -2.32. The minimum Gasteiger partial charge on any atom is -0.493 e. The van der Waals surface area contributed by atoms with E-state index < -0.39 is 5.97 Å². The van der Waals surface area contributed by atoms with E-state index in [4.69, 9.17) is 14.2 Å². The lowest BCUT2D eigenvalue weighted by molar-refractivity contribution is -0.142. The first-order valence-electron chi connectivity index (χ1n) is 14.2. The first-order chi connectivity index (χ1) is 19.3. The maximum absolute atomic E-state index is 11.9. The maximum atomic E-state index is 11.9. The summed E-state index contributed by atoms with van der Waals surface area (Å²) in [4.78, 5) is 39.0. The molecule has 0 aromatic heterocycles. The van der Waals surface area contributed by atoms with Gasteiger partial charge in [-0.25, -0.2) is 0 Å². The van der Waals surface area contributed by atoms with Gasteiger partial charge in [0.25, 0.3) is 0 Å². The van der Waals surface area contributed by atoms with E-state index in [0.717, 1.165) is 37.1 Å². The molecular weight excluding hydrogens is 512 g/mol. The third-order valence-corrected chi connectivity index (χ3v) is 8.47. The largest absolute Gasteiger partial charge is 0.493 e. The van der Waals surface area contributed by atoms with E-state index in [1.807, 2.05) is 18.2 Å². The van der Waals surface area contributed by atoms with E-state index in [0.29, 0.717) is 37.0 Å². The standard InChI is InChI=1S/C31H38N2O7/c1-20(23-6-8-26-24(17-23)11-13-39-26)32(18-21-3-5-25(15-21)31(36)37)19-22-4-7-27(28(16-22)38-2)40-14-12-33-29(34)9-10-30(33)35/h4,6-8,16-17,20-21,25H,3,5,9-15,18-19H2,1-2H3,(H,36,37)/t20-,21?,25?/m1/s1. The van der Waals surface area contributed by atoms with Crippen LogP contribution in [-0.2, 0) is 27.3 Å². The molecule has 1 saturated carbocycles. The van der Waals surface area contributed by atoms with Crippen molar-refractivity contribution in [3.05, 3.63) is 53.1 Å². The molecule has 5 rings (SSSR count). The fourth-order valence-electron chi connectivity index (χ4n) is 6.12. The van der Waals surface area contributed by atoms with Crippen molar-refractivity contribution in [2.45, 2.75) is 58.0 Å². The van der Waals surface area contributed by atoms with Gasteiger partial charge in [0, 0.05) is 38.4 Å². The number of carboxylic acids is 1. The van der Waals surface area contributed by atoms with Crippen molar-refractivity contribution in [1.82, 2.24) is 9.80 Å². The molecule has 0 radical (unpaired) electrons. The fourth-order valence-corrected chi connectivity index (χ4v) is 6.12. The zero-order chi connectivity index (χ0) is 28.2. The minimum absolute atomic E-state index is 0.118. The number of ether oxygens (including phenoxy) is 3. The summed E-state index contributed by atoms with van der Waals surface area (Å²) >= 11 is 0. The summed E-state index contributed by atoms with van der Waals surface area (Å²) < 4.78 is 17.2. The Morgan fingerprint density at radius 1 is 1.10 bits per heavy atom. The third-order valence-electron chi connectivity index (χ3n) is 8.47. The SMILES string of the molecule is COc1cc(CN(CC2CCC(C(=O)O)C2)[C@H](C)c2ccc3c(c2)CCO3)ccc1OCCN1C(=O)CCC1=O. The molecule has 2 heterocycles. The molecule has 2 aliphatic heterocycles. The van der Waals surface area contributed by atoms with Crippen LogP contribution in [0, 0.1) is 11.8 Å². The molecule has 9 nitrogen and oxygen atoms in total. The molecule has 0 spiro atoms. The molecule has 1 N–H and O–H groups in total. The number of carbonyl (C=O) groups excluding carboxylic acids is 2. The van der Waals surface area contributed by atoms with Gasteiger partial charge in [-0.3, -0.25) is 24.2 Å². The molecule has 2 aromatic rings. The van der Waals surface area contributed by atoms with E-state index in [1.165, 1.54) is 16.0 Å². The summed E-state index contributed by atoms with van der Waals surface area (Å²) in [5.41, 5.74) is 3.50. The highest BCUT2D eigenvalue weighted by Gasteiger charge is 2.32. The Morgan fingerprint density at radius 3 is 2.62 bits per heavy atom. The Labute approximate surface area is 235 Å². The van der Waals surface area contributed by atoms with Gasteiger partial charge in [0.15, 0.2) is 11.5 Å². The zero-order valence-electron chi connectivity index (χ0n) is 23.3. The number of imide groups is 1. The first-order valence-corrected chi connectivity index (χ1v) is 14.2. The summed E-state index contributed by atoms with van der Waals surface area (Å²) in [6.07, 6.45) is 3.79. The molecule has 1 aliphatic carbocycles. The van der Waals surface area contributed by atoms with Crippen LogP contribution in [0.25, 0.3) is 0 Å². The lowest BCUT2D eigenvalue weighted by Crippen LogP contribution is -2.33. The van der Waals surface area contributed by atoms with Crippen LogP contribution in [0.15, 0.2) is 36.4 Å². The molecule has 2 amide bonds. The summed E-state index contributed by atoms with van der Waals surface area (Å²) in [6.45, 7) is 4.81. The number of aliphatic carboxylic acids is 1. The van der Waals surface area contributed by atoms with Crippen LogP contribution in [0.1, 0.15) is 61.8 Å². The predicted octanol–water partition coefficient (Wildman–Crippen LogP) is 4.22. The Balaban J connectivity index is 1.30. The van der Waals surface area contributed by atoms with Crippen LogP contribution >= 0.6 is 0 Å². The molecule has 3 aliphatic rings. The topological polar surface area (TPSA) is 106 Å².